The predicted molar refractivity (Wildman–Crippen MR) is 89.3 cm³/mol. The first-order valence-electron chi connectivity index (χ1n) is 7.47. The molecule has 6 heteroatoms. The third kappa shape index (κ3) is 3.74. The number of halogens is 2. The molecule has 4 nitrogen and oxygen atoms in total. The molecule has 1 saturated heterocycles. The quantitative estimate of drug-likeness (QED) is 0.931. The van der Waals surface area contributed by atoms with E-state index in [1.165, 1.54) is 6.07 Å². The number of benzene rings is 1. The molecule has 0 saturated carbocycles. The van der Waals surface area contributed by atoms with Crippen LogP contribution >= 0.6 is 12.4 Å². The summed E-state index contributed by atoms with van der Waals surface area (Å²) in [6, 6.07) is 9.65. The highest BCUT2D eigenvalue weighted by Gasteiger charge is 2.28. The third-order valence-corrected chi connectivity index (χ3v) is 4.02. The molecular formula is C17H20ClFN2O2. The molecule has 0 radical (unpaired) electrons. The Labute approximate surface area is 141 Å². The second-order valence-corrected chi connectivity index (χ2v) is 5.61. The van der Waals surface area contributed by atoms with Gasteiger partial charge in [0.2, 0.25) is 0 Å². The molecule has 0 aliphatic carbocycles. The van der Waals surface area contributed by atoms with E-state index in [4.69, 9.17) is 4.42 Å². The number of rotatable bonds is 4. The van der Waals surface area contributed by atoms with E-state index in [1.54, 1.807) is 35.2 Å². The van der Waals surface area contributed by atoms with Gasteiger partial charge in [0.15, 0.2) is 5.76 Å². The van der Waals surface area contributed by atoms with E-state index in [-0.39, 0.29) is 29.9 Å². The first kappa shape index (κ1) is 17.5. The van der Waals surface area contributed by atoms with Gasteiger partial charge in [-0.05, 0) is 50.2 Å². The van der Waals surface area contributed by atoms with Gasteiger partial charge in [-0.3, -0.25) is 4.79 Å². The number of nitrogens with one attached hydrogen (secondary N) is 1. The Bertz CT molecular complexity index is 674. The molecule has 1 unspecified atom stereocenters. The molecule has 1 N–H and O–H groups in total. The van der Waals surface area contributed by atoms with E-state index in [2.05, 4.69) is 5.32 Å². The number of nitrogens with zero attached hydrogens (tertiary/aromatic N) is 1. The van der Waals surface area contributed by atoms with E-state index in [0.29, 0.717) is 17.2 Å². The van der Waals surface area contributed by atoms with Crippen LogP contribution in [0.25, 0.3) is 11.3 Å². The number of carbonyl (C=O) groups excluding carboxylic acids is 1. The monoisotopic (exact) mass is 338 g/mol. The van der Waals surface area contributed by atoms with Crippen LogP contribution in [0, 0.1) is 11.7 Å². The molecule has 2 heterocycles. The Morgan fingerprint density at radius 1 is 1.35 bits per heavy atom. The summed E-state index contributed by atoms with van der Waals surface area (Å²) in [6.07, 6.45) is 0.994. The van der Waals surface area contributed by atoms with Crippen molar-refractivity contribution >= 4 is 18.3 Å². The van der Waals surface area contributed by atoms with Gasteiger partial charge in [0, 0.05) is 13.1 Å². The standard InChI is InChI=1S/C17H19FN2O2.ClH/c1-19-10-12-8-9-20(11-12)17(21)16-7-6-15(22-16)13-4-2-3-5-14(13)18;/h2-7,12,19H,8-11H2,1H3;1H. The van der Waals surface area contributed by atoms with Crippen LogP contribution in [0.15, 0.2) is 40.8 Å². The fraction of sp³-hybridized carbons (Fsp3) is 0.353. The molecule has 1 aromatic carbocycles. The average Bonchev–Trinajstić information content (AvgIpc) is 3.17. The number of likely N-dealkylation sites (tertiary alicyclic amines) is 1. The number of hydrogen-bond donors (Lipinski definition) is 1. The van der Waals surface area contributed by atoms with Crippen LogP contribution in [0.1, 0.15) is 17.0 Å². The summed E-state index contributed by atoms with van der Waals surface area (Å²) in [5, 5.41) is 3.14. The molecule has 1 aliphatic heterocycles. The Balaban J connectivity index is 0.00000192. The minimum absolute atomic E-state index is 0. The molecule has 1 aliphatic rings. The minimum Gasteiger partial charge on any atom is -0.451 e. The summed E-state index contributed by atoms with van der Waals surface area (Å²) in [5.74, 6) is 0.651. The molecule has 0 bridgehead atoms. The summed E-state index contributed by atoms with van der Waals surface area (Å²) in [4.78, 5) is 14.2. The summed E-state index contributed by atoms with van der Waals surface area (Å²) in [6.45, 7) is 2.37. The first-order chi connectivity index (χ1) is 10.7. The Hall–Kier alpha value is -1.85. The van der Waals surface area contributed by atoms with Crippen LogP contribution in [-0.2, 0) is 0 Å². The fourth-order valence-corrected chi connectivity index (χ4v) is 2.89. The highest BCUT2D eigenvalue weighted by molar-refractivity contribution is 5.92. The molecular weight excluding hydrogens is 319 g/mol. The maximum Gasteiger partial charge on any atom is 0.289 e. The smallest absolute Gasteiger partial charge is 0.289 e. The van der Waals surface area contributed by atoms with Gasteiger partial charge < -0.3 is 14.6 Å². The lowest BCUT2D eigenvalue weighted by atomic mass is 10.1. The van der Waals surface area contributed by atoms with E-state index in [9.17, 15) is 9.18 Å². The zero-order chi connectivity index (χ0) is 15.5. The lowest BCUT2D eigenvalue weighted by Gasteiger charge is -2.14. The van der Waals surface area contributed by atoms with E-state index in [1.807, 2.05) is 7.05 Å². The molecule has 3 rings (SSSR count). The Morgan fingerprint density at radius 2 is 2.13 bits per heavy atom. The van der Waals surface area contributed by atoms with Gasteiger partial charge in [0.05, 0.1) is 5.56 Å². The lowest BCUT2D eigenvalue weighted by molar-refractivity contribution is 0.0756. The molecule has 1 amide bonds. The summed E-state index contributed by atoms with van der Waals surface area (Å²) in [7, 11) is 1.91. The predicted octanol–water partition coefficient (Wildman–Crippen LogP) is 3.19. The molecule has 124 valence electrons. The van der Waals surface area contributed by atoms with E-state index in [0.717, 1.165) is 26.1 Å². The minimum atomic E-state index is -0.355. The van der Waals surface area contributed by atoms with Crippen molar-refractivity contribution in [2.24, 2.45) is 5.92 Å². The summed E-state index contributed by atoms with van der Waals surface area (Å²) >= 11 is 0. The van der Waals surface area contributed by atoms with E-state index < -0.39 is 0 Å². The second-order valence-electron chi connectivity index (χ2n) is 5.61. The van der Waals surface area contributed by atoms with Gasteiger partial charge in [0.1, 0.15) is 11.6 Å². The van der Waals surface area contributed by atoms with Crippen molar-refractivity contribution in [2.75, 3.05) is 26.7 Å². The van der Waals surface area contributed by atoms with Gasteiger partial charge in [-0.25, -0.2) is 4.39 Å². The molecule has 2 aromatic rings. The second kappa shape index (κ2) is 7.62. The van der Waals surface area contributed by atoms with Crippen LogP contribution in [0.4, 0.5) is 4.39 Å². The maximum atomic E-state index is 13.8. The molecule has 1 aromatic heterocycles. The van der Waals surface area contributed by atoms with Crippen molar-refractivity contribution in [1.82, 2.24) is 10.2 Å². The van der Waals surface area contributed by atoms with Crippen LogP contribution in [0.5, 0.6) is 0 Å². The number of furan rings is 1. The third-order valence-electron chi connectivity index (χ3n) is 4.02. The van der Waals surface area contributed by atoms with Crippen molar-refractivity contribution in [3.8, 4) is 11.3 Å². The van der Waals surface area contributed by atoms with Gasteiger partial charge in [-0.2, -0.15) is 0 Å². The maximum absolute atomic E-state index is 13.8. The normalized spacial score (nSPS) is 17.1. The number of amides is 1. The van der Waals surface area contributed by atoms with Crippen LogP contribution in [-0.4, -0.2) is 37.5 Å². The van der Waals surface area contributed by atoms with Gasteiger partial charge in [-0.1, -0.05) is 12.1 Å². The van der Waals surface area contributed by atoms with Gasteiger partial charge in [0.25, 0.3) is 5.91 Å². The molecule has 0 spiro atoms. The van der Waals surface area contributed by atoms with Crippen LogP contribution in [0.2, 0.25) is 0 Å². The van der Waals surface area contributed by atoms with Crippen molar-refractivity contribution in [3.63, 3.8) is 0 Å². The SMILES string of the molecule is CNCC1CCN(C(=O)c2ccc(-c3ccccc3F)o2)C1.Cl. The Morgan fingerprint density at radius 3 is 2.87 bits per heavy atom. The topological polar surface area (TPSA) is 45.5 Å². The van der Waals surface area contributed by atoms with Crippen molar-refractivity contribution < 1.29 is 13.6 Å². The van der Waals surface area contributed by atoms with Crippen LogP contribution in [0.3, 0.4) is 0 Å². The lowest BCUT2D eigenvalue weighted by Crippen LogP contribution is -2.30. The highest BCUT2D eigenvalue weighted by Crippen LogP contribution is 2.26. The summed E-state index contributed by atoms with van der Waals surface area (Å²) < 4.78 is 19.3. The van der Waals surface area contributed by atoms with Crippen molar-refractivity contribution in [2.45, 2.75) is 6.42 Å². The van der Waals surface area contributed by atoms with Crippen molar-refractivity contribution in [3.05, 3.63) is 48.0 Å². The molecule has 1 atom stereocenters. The van der Waals surface area contributed by atoms with Gasteiger partial charge in [-0.15, -0.1) is 12.4 Å². The molecule has 23 heavy (non-hydrogen) atoms. The zero-order valence-electron chi connectivity index (χ0n) is 12.9. The Kier molecular flexibility index (Phi) is 5.80. The molecule has 1 fully saturated rings. The highest BCUT2D eigenvalue weighted by atomic mass is 35.5. The van der Waals surface area contributed by atoms with Gasteiger partial charge >= 0.3 is 0 Å². The number of carbonyl (C=O) groups is 1. The number of hydrogen-bond acceptors (Lipinski definition) is 3. The largest absolute Gasteiger partial charge is 0.451 e. The zero-order valence-corrected chi connectivity index (χ0v) is 13.7. The average molecular weight is 339 g/mol. The van der Waals surface area contributed by atoms with E-state index >= 15 is 0 Å². The fourth-order valence-electron chi connectivity index (χ4n) is 2.89. The first-order valence-corrected chi connectivity index (χ1v) is 7.47. The van der Waals surface area contributed by atoms with Crippen LogP contribution < -0.4 is 5.32 Å². The summed E-state index contributed by atoms with van der Waals surface area (Å²) in [5.41, 5.74) is 0.371. The van der Waals surface area contributed by atoms with Crippen molar-refractivity contribution in [1.29, 1.82) is 0 Å².